The molecule has 16 heavy (non-hydrogen) atoms. The molecule has 0 saturated heterocycles. The van der Waals surface area contributed by atoms with Gasteiger partial charge in [-0.05, 0) is 45.1 Å². The van der Waals surface area contributed by atoms with Gasteiger partial charge < -0.3 is 9.88 Å². The average Bonchev–Trinajstić information content (AvgIpc) is 2.98. The second-order valence-corrected chi connectivity index (χ2v) is 5.65. The number of anilines is 1. The number of hydrogen-bond acceptors (Lipinski definition) is 3. The van der Waals surface area contributed by atoms with Crippen LogP contribution in [0.1, 0.15) is 37.9 Å². The van der Waals surface area contributed by atoms with Gasteiger partial charge in [-0.2, -0.15) is 11.8 Å². The van der Waals surface area contributed by atoms with Crippen LogP contribution in [0.3, 0.4) is 0 Å². The Labute approximate surface area is 102 Å². The second kappa shape index (κ2) is 5.13. The summed E-state index contributed by atoms with van der Waals surface area (Å²) >= 11 is 1.91. The van der Waals surface area contributed by atoms with Crippen molar-refractivity contribution in [2.24, 2.45) is 0 Å². The Hall–Kier alpha value is -0.640. The molecule has 0 aliphatic heterocycles. The molecule has 1 atom stereocenters. The van der Waals surface area contributed by atoms with Gasteiger partial charge in [0.1, 0.15) is 0 Å². The third-order valence-electron chi connectivity index (χ3n) is 2.98. The number of aromatic nitrogens is 2. The molecule has 1 saturated carbocycles. The molecule has 0 spiro atoms. The molecule has 1 unspecified atom stereocenters. The van der Waals surface area contributed by atoms with Crippen molar-refractivity contribution in [1.82, 2.24) is 9.55 Å². The first-order valence-corrected chi connectivity index (χ1v) is 7.41. The van der Waals surface area contributed by atoms with E-state index in [-0.39, 0.29) is 0 Å². The Balaban J connectivity index is 2.04. The number of thioether (sulfide) groups is 1. The monoisotopic (exact) mass is 239 g/mol. The smallest absolute Gasteiger partial charge is 0.203 e. The normalized spacial score (nSPS) is 17.4. The lowest BCUT2D eigenvalue weighted by Gasteiger charge is -2.16. The maximum atomic E-state index is 4.56. The van der Waals surface area contributed by atoms with Crippen LogP contribution in [0, 0.1) is 6.92 Å². The molecule has 1 aromatic rings. The van der Waals surface area contributed by atoms with E-state index in [1.165, 1.54) is 25.0 Å². The highest BCUT2D eigenvalue weighted by Gasteiger charge is 2.23. The fraction of sp³-hybridized carbons (Fsp3) is 0.750. The summed E-state index contributed by atoms with van der Waals surface area (Å²) in [5, 5.41) is 3.51. The predicted molar refractivity (Wildman–Crippen MR) is 71.3 cm³/mol. The molecule has 4 heteroatoms. The van der Waals surface area contributed by atoms with Crippen molar-refractivity contribution in [3.8, 4) is 0 Å². The first kappa shape index (κ1) is 11.8. The summed E-state index contributed by atoms with van der Waals surface area (Å²) in [5.41, 5.74) is 1.11. The number of imidazole rings is 1. The Kier molecular flexibility index (Phi) is 3.79. The first-order chi connectivity index (χ1) is 7.70. The molecular formula is C12H21N3S. The Morgan fingerprint density at radius 3 is 3.00 bits per heavy atom. The summed E-state index contributed by atoms with van der Waals surface area (Å²) in [6.45, 7) is 4.34. The molecule has 1 fully saturated rings. The topological polar surface area (TPSA) is 29.9 Å². The van der Waals surface area contributed by atoms with Crippen LogP contribution in [0.25, 0.3) is 0 Å². The van der Waals surface area contributed by atoms with Crippen LogP contribution in [0.4, 0.5) is 5.95 Å². The molecule has 0 radical (unpaired) electrons. The average molecular weight is 239 g/mol. The molecule has 1 heterocycles. The van der Waals surface area contributed by atoms with Gasteiger partial charge in [0.2, 0.25) is 5.95 Å². The summed E-state index contributed by atoms with van der Waals surface area (Å²) in [6.07, 6.45) is 8.12. The molecule has 1 aromatic heterocycles. The Morgan fingerprint density at radius 2 is 2.38 bits per heavy atom. The highest BCUT2D eigenvalue weighted by Crippen LogP contribution is 2.27. The van der Waals surface area contributed by atoms with E-state index in [1.54, 1.807) is 0 Å². The van der Waals surface area contributed by atoms with Crippen molar-refractivity contribution in [2.45, 2.75) is 45.2 Å². The summed E-state index contributed by atoms with van der Waals surface area (Å²) in [4.78, 5) is 4.56. The van der Waals surface area contributed by atoms with E-state index >= 15 is 0 Å². The van der Waals surface area contributed by atoms with Gasteiger partial charge in [-0.1, -0.05) is 0 Å². The van der Waals surface area contributed by atoms with Gasteiger partial charge in [0.15, 0.2) is 0 Å². The minimum absolute atomic E-state index is 0.537. The third-order valence-corrected chi connectivity index (χ3v) is 3.62. The lowest BCUT2D eigenvalue weighted by molar-refractivity contribution is 0.539. The SMILES string of the molecule is CSCCC(C)n1cc(C)nc1NC1CC1. The lowest BCUT2D eigenvalue weighted by atomic mass is 10.2. The van der Waals surface area contributed by atoms with Crippen molar-refractivity contribution in [1.29, 1.82) is 0 Å². The zero-order chi connectivity index (χ0) is 11.5. The Morgan fingerprint density at radius 1 is 1.62 bits per heavy atom. The highest BCUT2D eigenvalue weighted by atomic mass is 32.2. The predicted octanol–water partition coefficient (Wildman–Crippen LogP) is 3.08. The summed E-state index contributed by atoms with van der Waals surface area (Å²) in [5.74, 6) is 2.27. The van der Waals surface area contributed by atoms with Crippen molar-refractivity contribution in [3.63, 3.8) is 0 Å². The van der Waals surface area contributed by atoms with Crippen LogP contribution in [-0.2, 0) is 0 Å². The van der Waals surface area contributed by atoms with Crippen LogP contribution in [0.15, 0.2) is 6.20 Å². The van der Waals surface area contributed by atoms with Crippen molar-refractivity contribution >= 4 is 17.7 Å². The quantitative estimate of drug-likeness (QED) is 0.827. The van der Waals surface area contributed by atoms with Crippen LogP contribution in [-0.4, -0.2) is 27.6 Å². The molecule has 0 bridgehead atoms. The van der Waals surface area contributed by atoms with Crippen LogP contribution < -0.4 is 5.32 Å². The molecule has 2 rings (SSSR count). The van der Waals surface area contributed by atoms with Crippen LogP contribution >= 0.6 is 11.8 Å². The Bertz CT molecular complexity index is 344. The number of nitrogens with one attached hydrogen (secondary N) is 1. The fourth-order valence-electron chi connectivity index (χ4n) is 1.80. The highest BCUT2D eigenvalue weighted by molar-refractivity contribution is 7.98. The van der Waals surface area contributed by atoms with Gasteiger partial charge in [-0.25, -0.2) is 4.98 Å². The molecular weight excluding hydrogens is 218 g/mol. The van der Waals surface area contributed by atoms with E-state index in [9.17, 15) is 0 Å². The summed E-state index contributed by atoms with van der Waals surface area (Å²) in [6, 6.07) is 1.21. The number of aryl methyl sites for hydroxylation is 1. The van der Waals surface area contributed by atoms with E-state index in [2.05, 4.69) is 41.2 Å². The molecule has 1 N–H and O–H groups in total. The van der Waals surface area contributed by atoms with Crippen LogP contribution in [0.5, 0.6) is 0 Å². The molecule has 1 aliphatic rings. The number of nitrogens with zero attached hydrogens (tertiary/aromatic N) is 2. The number of rotatable bonds is 6. The molecule has 0 amide bonds. The fourth-order valence-corrected chi connectivity index (χ4v) is 2.37. The minimum atomic E-state index is 0.537. The third kappa shape index (κ3) is 2.94. The van der Waals surface area contributed by atoms with E-state index in [4.69, 9.17) is 0 Å². The van der Waals surface area contributed by atoms with E-state index < -0.39 is 0 Å². The summed E-state index contributed by atoms with van der Waals surface area (Å²) in [7, 11) is 0. The van der Waals surface area contributed by atoms with Gasteiger partial charge in [-0.3, -0.25) is 0 Å². The molecule has 3 nitrogen and oxygen atoms in total. The van der Waals surface area contributed by atoms with Gasteiger partial charge in [0, 0.05) is 18.3 Å². The largest absolute Gasteiger partial charge is 0.353 e. The lowest BCUT2D eigenvalue weighted by Crippen LogP contribution is -2.12. The minimum Gasteiger partial charge on any atom is -0.353 e. The first-order valence-electron chi connectivity index (χ1n) is 6.01. The maximum Gasteiger partial charge on any atom is 0.203 e. The van der Waals surface area contributed by atoms with E-state index in [0.717, 1.165) is 11.6 Å². The standard InChI is InChI=1S/C12H21N3S/c1-9-8-15(10(2)6-7-16-3)12(13-9)14-11-4-5-11/h8,10-11H,4-7H2,1-3H3,(H,13,14). The van der Waals surface area contributed by atoms with Gasteiger partial charge in [-0.15, -0.1) is 0 Å². The summed E-state index contributed by atoms with van der Waals surface area (Å²) < 4.78 is 2.30. The van der Waals surface area contributed by atoms with Crippen molar-refractivity contribution in [2.75, 3.05) is 17.3 Å². The van der Waals surface area contributed by atoms with Gasteiger partial charge in [0.05, 0.1) is 5.69 Å². The van der Waals surface area contributed by atoms with E-state index in [0.29, 0.717) is 12.1 Å². The van der Waals surface area contributed by atoms with Crippen molar-refractivity contribution in [3.05, 3.63) is 11.9 Å². The van der Waals surface area contributed by atoms with Crippen LogP contribution in [0.2, 0.25) is 0 Å². The molecule has 90 valence electrons. The van der Waals surface area contributed by atoms with Gasteiger partial charge in [0.25, 0.3) is 0 Å². The number of hydrogen-bond donors (Lipinski definition) is 1. The zero-order valence-corrected chi connectivity index (χ0v) is 11.2. The second-order valence-electron chi connectivity index (χ2n) is 4.66. The van der Waals surface area contributed by atoms with Crippen molar-refractivity contribution < 1.29 is 0 Å². The maximum absolute atomic E-state index is 4.56. The van der Waals surface area contributed by atoms with Gasteiger partial charge >= 0.3 is 0 Å². The zero-order valence-electron chi connectivity index (χ0n) is 10.4. The molecule has 0 aromatic carbocycles. The van der Waals surface area contributed by atoms with E-state index in [1.807, 2.05) is 11.8 Å². The molecule has 1 aliphatic carbocycles.